The van der Waals surface area contributed by atoms with Gasteiger partial charge in [-0.05, 0) is 12.1 Å². The minimum atomic E-state index is -0.698. The molecule has 0 aliphatic heterocycles. The quantitative estimate of drug-likeness (QED) is 0.836. The van der Waals surface area contributed by atoms with Crippen LogP contribution in [0.15, 0.2) is 24.4 Å². The van der Waals surface area contributed by atoms with Gasteiger partial charge in [0.2, 0.25) is 0 Å². The van der Waals surface area contributed by atoms with Crippen molar-refractivity contribution in [1.29, 1.82) is 0 Å². The maximum absolute atomic E-state index is 13.5. The second-order valence-electron chi connectivity index (χ2n) is 4.33. The van der Waals surface area contributed by atoms with Crippen LogP contribution in [0.25, 0.3) is 0 Å². The molecule has 9 heteroatoms. The fourth-order valence-corrected chi connectivity index (χ4v) is 1.62. The summed E-state index contributed by atoms with van der Waals surface area (Å²) in [5.74, 6) is -2.51. The normalized spacial score (nSPS) is 10.3. The zero-order chi connectivity index (χ0) is 16.1. The number of nitrogens with one attached hydrogen (secondary N) is 1. The Morgan fingerprint density at radius 2 is 2.00 bits per heavy atom. The van der Waals surface area contributed by atoms with Crippen molar-refractivity contribution in [2.75, 3.05) is 11.9 Å². The highest BCUT2D eigenvalue weighted by atomic mass is 19.1. The Balaban J connectivity index is 2.00. The van der Waals surface area contributed by atoms with Crippen molar-refractivity contribution in [3.05, 3.63) is 41.6 Å². The summed E-state index contributed by atoms with van der Waals surface area (Å²) in [5.41, 5.74) is -0.162. The first kappa shape index (κ1) is 15.5. The van der Waals surface area contributed by atoms with Crippen molar-refractivity contribution in [3.8, 4) is 0 Å². The summed E-state index contributed by atoms with van der Waals surface area (Å²) < 4.78 is 32.7. The molecule has 0 spiro atoms. The van der Waals surface area contributed by atoms with Crippen LogP contribution in [0.5, 0.6) is 0 Å². The Hall–Kier alpha value is -2.84. The predicted octanol–water partition coefficient (Wildman–Crippen LogP) is 1.11. The molecule has 1 N–H and O–H groups in total. The van der Waals surface area contributed by atoms with E-state index in [1.54, 1.807) is 0 Å². The number of nitrogens with zero attached hydrogens (tertiary/aromatic N) is 3. The summed E-state index contributed by atoms with van der Waals surface area (Å²) in [6.07, 6.45) is 1.30. The first-order chi connectivity index (χ1) is 10.5. The van der Waals surface area contributed by atoms with Crippen LogP contribution in [-0.4, -0.2) is 33.5 Å². The number of halogens is 2. The number of ether oxygens (including phenoxy) is 1. The molecule has 0 fully saturated rings. The zero-order valence-electron chi connectivity index (χ0n) is 11.5. The Bertz CT molecular complexity index is 682. The molecule has 22 heavy (non-hydrogen) atoms. The number of amides is 1. The molecule has 1 aromatic carbocycles. The summed E-state index contributed by atoms with van der Waals surface area (Å²) in [7, 11) is 0. The molecule has 0 aliphatic rings. The molecule has 1 amide bonds. The van der Waals surface area contributed by atoms with E-state index in [2.05, 4.69) is 20.4 Å². The highest BCUT2D eigenvalue weighted by molar-refractivity contribution is 5.91. The molecule has 0 unspecified atom stereocenters. The summed E-state index contributed by atoms with van der Waals surface area (Å²) in [5, 5.41) is 9.62. The Morgan fingerprint density at radius 3 is 2.64 bits per heavy atom. The third-order valence-corrected chi connectivity index (χ3v) is 2.59. The lowest BCUT2D eigenvalue weighted by Gasteiger charge is -2.04. The first-order valence-corrected chi connectivity index (χ1v) is 6.22. The van der Waals surface area contributed by atoms with Crippen LogP contribution < -0.4 is 5.32 Å². The molecular weight excluding hydrogens is 298 g/mol. The van der Waals surface area contributed by atoms with E-state index in [1.165, 1.54) is 23.9 Å². The highest BCUT2D eigenvalue weighted by Gasteiger charge is 2.12. The number of hydrogen-bond acceptors (Lipinski definition) is 5. The van der Waals surface area contributed by atoms with E-state index in [0.717, 1.165) is 12.1 Å². The van der Waals surface area contributed by atoms with Gasteiger partial charge in [-0.3, -0.25) is 9.59 Å². The molecule has 1 heterocycles. The Morgan fingerprint density at radius 1 is 1.32 bits per heavy atom. The fourth-order valence-electron chi connectivity index (χ4n) is 1.62. The average molecular weight is 310 g/mol. The van der Waals surface area contributed by atoms with Gasteiger partial charge in [-0.25, -0.2) is 13.5 Å². The van der Waals surface area contributed by atoms with Crippen molar-refractivity contribution in [1.82, 2.24) is 15.0 Å². The van der Waals surface area contributed by atoms with E-state index in [9.17, 15) is 18.4 Å². The van der Waals surface area contributed by atoms with E-state index >= 15 is 0 Å². The molecule has 116 valence electrons. The van der Waals surface area contributed by atoms with E-state index in [-0.39, 0.29) is 17.9 Å². The van der Waals surface area contributed by atoms with Crippen LogP contribution in [-0.2, 0) is 20.9 Å². The van der Waals surface area contributed by atoms with Gasteiger partial charge >= 0.3 is 5.97 Å². The zero-order valence-corrected chi connectivity index (χ0v) is 11.5. The summed E-state index contributed by atoms with van der Waals surface area (Å²) >= 11 is 0. The largest absolute Gasteiger partial charge is 0.456 e. The van der Waals surface area contributed by atoms with E-state index in [0.29, 0.717) is 0 Å². The van der Waals surface area contributed by atoms with Crippen LogP contribution >= 0.6 is 0 Å². The van der Waals surface area contributed by atoms with Crippen LogP contribution in [0.1, 0.15) is 12.5 Å². The molecule has 0 radical (unpaired) electrons. The van der Waals surface area contributed by atoms with Gasteiger partial charge < -0.3 is 10.1 Å². The lowest BCUT2D eigenvalue weighted by Crippen LogP contribution is -2.20. The minimum Gasteiger partial charge on any atom is -0.456 e. The third kappa shape index (κ3) is 4.08. The maximum atomic E-state index is 13.5. The number of hydrogen-bond donors (Lipinski definition) is 1. The molecule has 0 saturated heterocycles. The summed E-state index contributed by atoms with van der Waals surface area (Å²) in [6, 6.07) is 3.53. The minimum absolute atomic E-state index is 0.0777. The third-order valence-electron chi connectivity index (χ3n) is 2.59. The SMILES string of the molecule is CC(=O)OCC(=O)Nc1cn(Cc2c(F)cccc2F)nn1. The van der Waals surface area contributed by atoms with Gasteiger partial charge in [-0.15, -0.1) is 5.10 Å². The van der Waals surface area contributed by atoms with E-state index in [1.807, 2.05) is 0 Å². The second-order valence-corrected chi connectivity index (χ2v) is 4.33. The van der Waals surface area contributed by atoms with Crippen molar-refractivity contribution >= 4 is 17.7 Å². The van der Waals surface area contributed by atoms with Crippen molar-refractivity contribution in [2.45, 2.75) is 13.5 Å². The number of aromatic nitrogens is 3. The molecule has 1 aromatic heterocycles. The van der Waals surface area contributed by atoms with E-state index < -0.39 is 30.1 Å². The van der Waals surface area contributed by atoms with Gasteiger partial charge in [0.15, 0.2) is 12.4 Å². The summed E-state index contributed by atoms with van der Waals surface area (Å²) in [4.78, 5) is 22.0. The number of esters is 1. The van der Waals surface area contributed by atoms with Gasteiger partial charge in [0, 0.05) is 12.5 Å². The molecule has 0 saturated carbocycles. The Labute approximate surface area is 123 Å². The van der Waals surface area contributed by atoms with E-state index in [4.69, 9.17) is 0 Å². The smallest absolute Gasteiger partial charge is 0.303 e. The van der Waals surface area contributed by atoms with Crippen molar-refractivity contribution in [2.24, 2.45) is 0 Å². The molecule has 2 rings (SSSR count). The first-order valence-electron chi connectivity index (χ1n) is 6.22. The van der Waals surface area contributed by atoms with Crippen molar-refractivity contribution in [3.63, 3.8) is 0 Å². The van der Waals surface area contributed by atoms with Gasteiger partial charge in [-0.2, -0.15) is 0 Å². The average Bonchev–Trinajstić information content (AvgIpc) is 2.88. The topological polar surface area (TPSA) is 86.1 Å². The number of anilines is 1. The van der Waals surface area contributed by atoms with Crippen LogP contribution in [0.2, 0.25) is 0 Å². The molecule has 0 bridgehead atoms. The van der Waals surface area contributed by atoms with Gasteiger partial charge in [-0.1, -0.05) is 11.3 Å². The van der Waals surface area contributed by atoms with Crippen LogP contribution in [0, 0.1) is 11.6 Å². The summed E-state index contributed by atoms with van der Waals surface area (Å²) in [6.45, 7) is 0.544. The fraction of sp³-hybridized carbons (Fsp3) is 0.231. The highest BCUT2D eigenvalue weighted by Crippen LogP contribution is 2.13. The lowest BCUT2D eigenvalue weighted by atomic mass is 10.2. The maximum Gasteiger partial charge on any atom is 0.303 e. The standard InChI is InChI=1S/C13H12F2N4O3/c1-8(20)22-7-13(21)16-12-6-19(18-17-12)5-9-10(14)3-2-4-11(9)15/h2-4,6H,5,7H2,1H3,(H,16,21). The van der Waals surface area contributed by atoms with Crippen molar-refractivity contribution < 1.29 is 23.1 Å². The van der Waals surface area contributed by atoms with Gasteiger partial charge in [0.05, 0.1) is 12.7 Å². The number of rotatable bonds is 5. The number of carbonyl (C=O) groups is 2. The molecule has 0 atom stereocenters. The number of carbonyl (C=O) groups excluding carboxylic acids is 2. The lowest BCUT2D eigenvalue weighted by molar-refractivity contribution is -0.144. The molecular formula is C13H12F2N4O3. The monoisotopic (exact) mass is 310 g/mol. The predicted molar refractivity (Wildman–Crippen MR) is 70.7 cm³/mol. The Kier molecular flexibility index (Phi) is 4.77. The van der Waals surface area contributed by atoms with Gasteiger partial charge in [0.25, 0.3) is 5.91 Å². The molecule has 2 aromatic rings. The molecule has 7 nitrogen and oxygen atoms in total. The second kappa shape index (κ2) is 6.74. The van der Waals surface area contributed by atoms with Crippen LogP contribution in [0.3, 0.4) is 0 Å². The number of benzene rings is 1. The molecule has 0 aliphatic carbocycles. The van der Waals surface area contributed by atoms with Crippen LogP contribution in [0.4, 0.5) is 14.6 Å². The van der Waals surface area contributed by atoms with Gasteiger partial charge in [0.1, 0.15) is 11.6 Å².